The molecule has 0 spiro atoms. The van der Waals surface area contributed by atoms with Crippen molar-refractivity contribution in [2.45, 2.75) is 52.1 Å². The molecule has 2 aromatic rings. The van der Waals surface area contributed by atoms with E-state index >= 15 is 0 Å². The summed E-state index contributed by atoms with van der Waals surface area (Å²) < 4.78 is 4.12. The molecule has 3 rings (SSSR count). The fourth-order valence-corrected chi connectivity index (χ4v) is 3.40. The highest BCUT2D eigenvalue weighted by Crippen LogP contribution is 2.28. The molecule has 1 atom stereocenters. The van der Waals surface area contributed by atoms with E-state index in [0.29, 0.717) is 12.0 Å². The molecule has 22 heavy (non-hydrogen) atoms. The van der Waals surface area contributed by atoms with Gasteiger partial charge in [0.05, 0.1) is 5.69 Å². The molecule has 1 aliphatic rings. The Morgan fingerprint density at radius 3 is 2.86 bits per heavy atom. The summed E-state index contributed by atoms with van der Waals surface area (Å²) in [6.07, 6.45) is 6.42. The first kappa shape index (κ1) is 15.2. The zero-order chi connectivity index (χ0) is 15.7. The van der Waals surface area contributed by atoms with E-state index in [4.69, 9.17) is 0 Å². The molecule has 0 radical (unpaired) electrons. The minimum absolute atomic E-state index is 0.418. The summed E-state index contributed by atoms with van der Waals surface area (Å²) in [5, 5.41) is 13.0. The minimum atomic E-state index is 0.418. The molecule has 1 saturated heterocycles. The molecule has 1 fully saturated rings. The third-order valence-electron chi connectivity index (χ3n) is 4.54. The maximum atomic E-state index is 4.45. The van der Waals surface area contributed by atoms with Crippen LogP contribution >= 0.6 is 0 Å². The number of aryl methyl sites for hydroxylation is 2. The van der Waals surface area contributed by atoms with Gasteiger partial charge in [0.1, 0.15) is 12.2 Å². The van der Waals surface area contributed by atoms with Crippen molar-refractivity contribution in [3.05, 3.63) is 29.6 Å². The van der Waals surface area contributed by atoms with E-state index in [-0.39, 0.29) is 0 Å². The van der Waals surface area contributed by atoms with E-state index in [2.05, 4.69) is 51.7 Å². The smallest absolute Gasteiger partial charge is 0.137 e. The van der Waals surface area contributed by atoms with Crippen LogP contribution in [0.3, 0.4) is 0 Å². The normalized spacial score (nSPS) is 20.0. The lowest BCUT2D eigenvalue weighted by Gasteiger charge is -2.32. The average molecular weight is 302 g/mol. The zero-order valence-corrected chi connectivity index (χ0v) is 14.0. The summed E-state index contributed by atoms with van der Waals surface area (Å²) in [7, 11) is 1.99. The molecule has 0 bridgehead atoms. The SMILES string of the molecule is Cc1nn(C)cc1CN1CCC[C@@H](c2nncn2C(C)C)C1. The van der Waals surface area contributed by atoms with Gasteiger partial charge in [-0.15, -0.1) is 10.2 Å². The quantitative estimate of drug-likeness (QED) is 0.869. The summed E-state index contributed by atoms with van der Waals surface area (Å²) in [6.45, 7) is 9.65. The molecule has 1 aliphatic heterocycles. The predicted molar refractivity (Wildman–Crippen MR) is 85.6 cm³/mol. The second-order valence-electron chi connectivity index (χ2n) is 6.68. The fourth-order valence-electron chi connectivity index (χ4n) is 3.40. The summed E-state index contributed by atoms with van der Waals surface area (Å²) in [6, 6.07) is 0.418. The first-order chi connectivity index (χ1) is 10.5. The van der Waals surface area contributed by atoms with Crippen molar-refractivity contribution in [3.63, 3.8) is 0 Å². The van der Waals surface area contributed by atoms with Gasteiger partial charge in [0.25, 0.3) is 0 Å². The highest BCUT2D eigenvalue weighted by Gasteiger charge is 2.26. The molecule has 0 aromatic carbocycles. The minimum Gasteiger partial charge on any atom is -0.315 e. The van der Waals surface area contributed by atoms with Crippen molar-refractivity contribution in [1.82, 2.24) is 29.4 Å². The van der Waals surface area contributed by atoms with Gasteiger partial charge in [-0.25, -0.2) is 0 Å². The Morgan fingerprint density at radius 2 is 2.18 bits per heavy atom. The predicted octanol–water partition coefficient (Wildman–Crippen LogP) is 2.28. The maximum absolute atomic E-state index is 4.45. The van der Waals surface area contributed by atoms with Crippen LogP contribution in [-0.4, -0.2) is 42.5 Å². The van der Waals surface area contributed by atoms with Crippen molar-refractivity contribution in [1.29, 1.82) is 0 Å². The van der Waals surface area contributed by atoms with Gasteiger partial charge >= 0.3 is 0 Å². The molecule has 3 heterocycles. The lowest BCUT2D eigenvalue weighted by atomic mass is 9.96. The summed E-state index contributed by atoms with van der Waals surface area (Å²) in [4.78, 5) is 2.53. The van der Waals surface area contributed by atoms with Crippen LogP contribution in [0.1, 0.15) is 55.7 Å². The van der Waals surface area contributed by atoms with Gasteiger partial charge in [0.15, 0.2) is 0 Å². The average Bonchev–Trinajstić information content (AvgIpc) is 3.06. The number of rotatable bonds is 4. The Hall–Kier alpha value is -1.69. The van der Waals surface area contributed by atoms with Gasteiger partial charge in [0, 0.05) is 43.9 Å². The van der Waals surface area contributed by atoms with E-state index in [9.17, 15) is 0 Å². The fraction of sp³-hybridized carbons (Fsp3) is 0.688. The lowest BCUT2D eigenvalue weighted by molar-refractivity contribution is 0.193. The van der Waals surface area contributed by atoms with Crippen molar-refractivity contribution in [2.75, 3.05) is 13.1 Å². The molecule has 0 unspecified atom stereocenters. The van der Waals surface area contributed by atoms with Crippen LogP contribution in [0.2, 0.25) is 0 Å². The van der Waals surface area contributed by atoms with Crippen LogP contribution in [0.15, 0.2) is 12.5 Å². The Balaban J connectivity index is 1.71. The molecule has 6 nitrogen and oxygen atoms in total. The number of hydrogen-bond donors (Lipinski definition) is 0. The van der Waals surface area contributed by atoms with Crippen molar-refractivity contribution < 1.29 is 0 Å². The van der Waals surface area contributed by atoms with Gasteiger partial charge in [-0.3, -0.25) is 9.58 Å². The molecule has 0 saturated carbocycles. The Bertz CT molecular complexity index is 626. The number of nitrogens with zero attached hydrogens (tertiary/aromatic N) is 6. The number of likely N-dealkylation sites (tertiary alicyclic amines) is 1. The molecule has 2 aromatic heterocycles. The van der Waals surface area contributed by atoms with E-state index in [1.54, 1.807) is 0 Å². The van der Waals surface area contributed by atoms with E-state index in [1.807, 2.05) is 18.1 Å². The Kier molecular flexibility index (Phi) is 4.29. The highest BCUT2D eigenvalue weighted by atomic mass is 15.3. The molecule has 6 heteroatoms. The zero-order valence-electron chi connectivity index (χ0n) is 14.0. The molecule has 0 amide bonds. The van der Waals surface area contributed by atoms with Crippen LogP contribution in [0.5, 0.6) is 0 Å². The molecule has 120 valence electrons. The van der Waals surface area contributed by atoms with Crippen molar-refractivity contribution in [3.8, 4) is 0 Å². The molecule has 0 aliphatic carbocycles. The van der Waals surface area contributed by atoms with Gasteiger partial charge in [-0.1, -0.05) is 0 Å². The first-order valence-electron chi connectivity index (χ1n) is 8.15. The first-order valence-corrected chi connectivity index (χ1v) is 8.15. The third-order valence-corrected chi connectivity index (χ3v) is 4.54. The van der Waals surface area contributed by atoms with Gasteiger partial charge in [0.2, 0.25) is 0 Å². The van der Waals surface area contributed by atoms with Crippen LogP contribution in [-0.2, 0) is 13.6 Å². The Morgan fingerprint density at radius 1 is 1.36 bits per heavy atom. The maximum Gasteiger partial charge on any atom is 0.137 e. The number of piperidine rings is 1. The van der Waals surface area contributed by atoms with E-state index in [0.717, 1.165) is 31.2 Å². The summed E-state index contributed by atoms with van der Waals surface area (Å²) in [5.74, 6) is 1.62. The topological polar surface area (TPSA) is 51.8 Å². The lowest BCUT2D eigenvalue weighted by Crippen LogP contribution is -2.35. The van der Waals surface area contributed by atoms with Crippen LogP contribution < -0.4 is 0 Å². The van der Waals surface area contributed by atoms with Crippen LogP contribution in [0, 0.1) is 6.92 Å². The molecular weight excluding hydrogens is 276 g/mol. The summed E-state index contributed by atoms with van der Waals surface area (Å²) in [5.41, 5.74) is 2.46. The third kappa shape index (κ3) is 3.06. The molecule has 0 N–H and O–H groups in total. The van der Waals surface area contributed by atoms with Gasteiger partial charge in [-0.2, -0.15) is 5.10 Å². The van der Waals surface area contributed by atoms with E-state index in [1.165, 1.54) is 18.4 Å². The largest absolute Gasteiger partial charge is 0.315 e. The number of hydrogen-bond acceptors (Lipinski definition) is 4. The number of aromatic nitrogens is 5. The highest BCUT2D eigenvalue weighted by molar-refractivity contribution is 5.15. The van der Waals surface area contributed by atoms with Crippen LogP contribution in [0.25, 0.3) is 0 Å². The van der Waals surface area contributed by atoms with Gasteiger partial charge < -0.3 is 4.57 Å². The standard InChI is InChI=1S/C16H26N6/c1-12(2)22-11-17-18-16(22)14-6-5-7-21(9-14)10-15-8-20(4)19-13(15)3/h8,11-12,14H,5-7,9-10H2,1-4H3/t14-/m1/s1. The summed E-state index contributed by atoms with van der Waals surface area (Å²) >= 11 is 0. The second-order valence-corrected chi connectivity index (χ2v) is 6.68. The monoisotopic (exact) mass is 302 g/mol. The second kappa shape index (κ2) is 6.20. The Labute approximate surface area is 132 Å². The van der Waals surface area contributed by atoms with Crippen molar-refractivity contribution in [2.24, 2.45) is 7.05 Å². The van der Waals surface area contributed by atoms with Gasteiger partial charge in [-0.05, 0) is 40.2 Å². The van der Waals surface area contributed by atoms with Crippen molar-refractivity contribution >= 4 is 0 Å². The van der Waals surface area contributed by atoms with Crippen LogP contribution in [0.4, 0.5) is 0 Å². The van der Waals surface area contributed by atoms with E-state index < -0.39 is 0 Å². The molecular formula is C16H26N6.